The number of hydrogen-bond donors (Lipinski definition) is 0. The molecule has 0 aromatic heterocycles. The molecule has 0 radical (unpaired) electrons. The molecule has 0 bridgehead atoms. The molecule has 0 N–H and O–H groups in total. The molecule has 3 fully saturated rings. The summed E-state index contributed by atoms with van der Waals surface area (Å²) in [5.74, 6) is 1.74. The first-order chi connectivity index (χ1) is 13.3. The van der Waals surface area contributed by atoms with Crippen LogP contribution in [0.1, 0.15) is 72.1 Å². The van der Waals surface area contributed by atoms with E-state index in [9.17, 15) is 14.7 Å². The molecule has 0 heterocycles. The standard InChI is InChI=1S/C24H34O4/c1-15(26)28-17-8-11-23(2)16(14-17)4-5-18-19-6-7-21(22(27)10-13-25)24(19,3)12-9-20(18)23/h4,10,13,17-21,25H,5-9,11-12,14H2,1-3H3/p-1. The van der Waals surface area contributed by atoms with Gasteiger partial charge in [-0.15, -0.1) is 6.26 Å². The minimum absolute atomic E-state index is 0.0153. The number of hydrogen-bond acceptors (Lipinski definition) is 4. The van der Waals surface area contributed by atoms with Crippen LogP contribution in [-0.4, -0.2) is 17.9 Å². The third kappa shape index (κ3) is 2.95. The predicted octanol–water partition coefficient (Wildman–Crippen LogP) is 3.94. The largest absolute Gasteiger partial charge is 0.878 e. The van der Waals surface area contributed by atoms with E-state index in [2.05, 4.69) is 19.9 Å². The maximum absolute atomic E-state index is 12.5. The molecule has 0 saturated heterocycles. The highest BCUT2D eigenvalue weighted by molar-refractivity contribution is 5.92. The van der Waals surface area contributed by atoms with E-state index in [1.54, 1.807) is 0 Å². The predicted molar refractivity (Wildman–Crippen MR) is 105 cm³/mol. The Kier molecular flexibility index (Phi) is 4.96. The Morgan fingerprint density at radius 3 is 2.64 bits per heavy atom. The molecule has 7 unspecified atom stereocenters. The summed E-state index contributed by atoms with van der Waals surface area (Å²) in [6.45, 7) is 6.24. The normalized spacial score (nSPS) is 45.0. The van der Waals surface area contributed by atoms with Gasteiger partial charge < -0.3 is 9.84 Å². The van der Waals surface area contributed by atoms with Crippen LogP contribution in [-0.2, 0) is 14.3 Å². The van der Waals surface area contributed by atoms with E-state index in [1.165, 1.54) is 18.6 Å². The number of ether oxygens (including phenoxy) is 1. The first-order valence-corrected chi connectivity index (χ1v) is 11.0. The van der Waals surface area contributed by atoms with E-state index in [1.807, 2.05) is 0 Å². The molecule has 4 heteroatoms. The van der Waals surface area contributed by atoms with Gasteiger partial charge in [-0.1, -0.05) is 25.5 Å². The fourth-order valence-electron chi connectivity index (χ4n) is 7.61. The van der Waals surface area contributed by atoms with Crippen LogP contribution in [0.4, 0.5) is 0 Å². The van der Waals surface area contributed by atoms with Gasteiger partial charge in [-0.25, -0.2) is 0 Å². The Morgan fingerprint density at radius 1 is 1.14 bits per heavy atom. The molecule has 0 aromatic rings. The van der Waals surface area contributed by atoms with Crippen molar-refractivity contribution < 1.29 is 19.4 Å². The lowest BCUT2D eigenvalue weighted by Gasteiger charge is -2.58. The fraction of sp³-hybridized carbons (Fsp3) is 0.750. The zero-order valence-corrected chi connectivity index (χ0v) is 17.4. The molecular weight excluding hydrogens is 352 g/mol. The Balaban J connectivity index is 1.57. The van der Waals surface area contributed by atoms with E-state index in [-0.39, 0.29) is 34.6 Å². The topological polar surface area (TPSA) is 66.4 Å². The van der Waals surface area contributed by atoms with Crippen molar-refractivity contribution in [3.63, 3.8) is 0 Å². The molecule has 4 rings (SSSR count). The van der Waals surface area contributed by atoms with Crippen molar-refractivity contribution in [1.29, 1.82) is 0 Å². The third-order valence-corrected chi connectivity index (χ3v) is 8.97. The Bertz CT molecular complexity index is 722. The van der Waals surface area contributed by atoms with Crippen LogP contribution in [0.25, 0.3) is 0 Å². The second-order valence-corrected chi connectivity index (χ2v) is 10.1. The molecule has 0 aliphatic heterocycles. The number of fused-ring (bicyclic) bond motifs is 5. The van der Waals surface area contributed by atoms with Gasteiger partial charge >= 0.3 is 5.97 Å². The van der Waals surface area contributed by atoms with Gasteiger partial charge in [-0.2, -0.15) is 0 Å². The van der Waals surface area contributed by atoms with Crippen molar-refractivity contribution in [2.45, 2.75) is 78.2 Å². The lowest BCUT2D eigenvalue weighted by molar-refractivity contribution is -0.274. The zero-order valence-electron chi connectivity index (χ0n) is 17.4. The summed E-state index contributed by atoms with van der Waals surface area (Å²) in [5.41, 5.74) is 1.74. The molecule has 0 amide bonds. The van der Waals surface area contributed by atoms with Crippen LogP contribution < -0.4 is 5.11 Å². The van der Waals surface area contributed by atoms with E-state index in [4.69, 9.17) is 4.74 Å². The first kappa shape index (κ1) is 19.7. The van der Waals surface area contributed by atoms with E-state index < -0.39 is 0 Å². The number of carbonyl (C=O) groups is 2. The lowest BCUT2D eigenvalue weighted by Crippen LogP contribution is -2.51. The molecule has 3 saturated carbocycles. The number of ketones is 1. The van der Waals surface area contributed by atoms with Gasteiger partial charge in [0.25, 0.3) is 0 Å². The number of carbonyl (C=O) groups excluding carboxylic acids is 2. The molecule has 0 aromatic carbocycles. The number of esters is 1. The first-order valence-electron chi connectivity index (χ1n) is 11.0. The smallest absolute Gasteiger partial charge is 0.302 e. The zero-order chi connectivity index (χ0) is 20.1. The Morgan fingerprint density at radius 2 is 1.93 bits per heavy atom. The second kappa shape index (κ2) is 7.03. The van der Waals surface area contributed by atoms with E-state index >= 15 is 0 Å². The Labute approximate surface area is 168 Å². The summed E-state index contributed by atoms with van der Waals surface area (Å²) in [6, 6.07) is 0. The van der Waals surface area contributed by atoms with Crippen LogP contribution in [0.15, 0.2) is 24.0 Å². The van der Waals surface area contributed by atoms with Gasteiger partial charge in [0.15, 0.2) is 5.78 Å². The molecule has 4 aliphatic carbocycles. The van der Waals surface area contributed by atoms with Crippen molar-refractivity contribution in [1.82, 2.24) is 0 Å². The summed E-state index contributed by atoms with van der Waals surface area (Å²) in [5, 5.41) is 10.8. The third-order valence-electron chi connectivity index (χ3n) is 8.97. The van der Waals surface area contributed by atoms with Gasteiger partial charge in [-0.05, 0) is 79.6 Å². The Hall–Kier alpha value is -1.58. The van der Waals surface area contributed by atoms with Gasteiger partial charge in [0.1, 0.15) is 6.10 Å². The molecule has 0 spiro atoms. The second-order valence-electron chi connectivity index (χ2n) is 10.1. The maximum Gasteiger partial charge on any atom is 0.302 e. The quantitative estimate of drug-likeness (QED) is 0.319. The minimum Gasteiger partial charge on any atom is -0.878 e. The minimum atomic E-state index is -0.176. The van der Waals surface area contributed by atoms with Gasteiger partial charge in [-0.3, -0.25) is 9.59 Å². The van der Waals surface area contributed by atoms with Crippen molar-refractivity contribution in [2.75, 3.05) is 0 Å². The molecule has 154 valence electrons. The summed E-state index contributed by atoms with van der Waals surface area (Å²) >= 11 is 0. The van der Waals surface area contributed by atoms with Crippen LogP contribution in [0.3, 0.4) is 0 Å². The highest BCUT2D eigenvalue weighted by Crippen LogP contribution is 2.66. The monoisotopic (exact) mass is 385 g/mol. The fourth-order valence-corrected chi connectivity index (χ4v) is 7.61. The van der Waals surface area contributed by atoms with Crippen LogP contribution in [0, 0.1) is 34.5 Å². The van der Waals surface area contributed by atoms with E-state index in [0.717, 1.165) is 51.4 Å². The van der Waals surface area contributed by atoms with Crippen molar-refractivity contribution in [3.8, 4) is 0 Å². The SMILES string of the molecule is CC(=O)OC1CCC2(C)C(=CCC3C2CCC2(C)C(C(=O)C=C[O-])CCC32)C1. The highest BCUT2D eigenvalue weighted by Gasteiger charge is 2.59. The number of allylic oxidation sites excluding steroid dienone is 2. The van der Waals surface area contributed by atoms with Crippen LogP contribution in [0.5, 0.6) is 0 Å². The summed E-state index contributed by atoms with van der Waals surface area (Å²) in [6.07, 6.45) is 12.7. The average molecular weight is 386 g/mol. The van der Waals surface area contributed by atoms with Crippen molar-refractivity contribution in [2.24, 2.45) is 34.5 Å². The summed E-state index contributed by atoms with van der Waals surface area (Å²) < 4.78 is 5.52. The van der Waals surface area contributed by atoms with E-state index in [0.29, 0.717) is 24.0 Å². The van der Waals surface area contributed by atoms with Crippen molar-refractivity contribution in [3.05, 3.63) is 24.0 Å². The average Bonchev–Trinajstić information content (AvgIpc) is 2.99. The number of rotatable bonds is 3. The van der Waals surface area contributed by atoms with Crippen molar-refractivity contribution >= 4 is 11.8 Å². The molecule has 28 heavy (non-hydrogen) atoms. The highest BCUT2D eigenvalue weighted by atomic mass is 16.5. The summed E-state index contributed by atoms with van der Waals surface area (Å²) in [7, 11) is 0. The van der Waals surface area contributed by atoms with Gasteiger partial charge in [0.2, 0.25) is 0 Å². The van der Waals surface area contributed by atoms with Crippen LogP contribution in [0.2, 0.25) is 0 Å². The molecule has 4 aliphatic rings. The van der Waals surface area contributed by atoms with Crippen LogP contribution >= 0.6 is 0 Å². The lowest BCUT2D eigenvalue weighted by atomic mass is 9.47. The van der Waals surface area contributed by atoms with Gasteiger partial charge in [0.05, 0.1) is 0 Å². The molecular formula is C24H33O4-. The summed E-state index contributed by atoms with van der Waals surface area (Å²) in [4.78, 5) is 23.9. The molecule has 7 atom stereocenters. The van der Waals surface area contributed by atoms with Gasteiger partial charge in [0, 0.05) is 19.3 Å². The molecule has 4 nitrogen and oxygen atoms in total. The maximum atomic E-state index is 12.5.